The highest BCUT2D eigenvalue weighted by atomic mass is 16.5. The van der Waals surface area contributed by atoms with Crippen molar-refractivity contribution in [1.82, 2.24) is 5.32 Å². The molecule has 29 heavy (non-hydrogen) atoms. The second-order valence-corrected chi connectivity index (χ2v) is 6.95. The van der Waals surface area contributed by atoms with Crippen molar-refractivity contribution < 1.29 is 19.1 Å². The molecule has 0 unspecified atom stereocenters. The Bertz CT molecular complexity index is 852. The van der Waals surface area contributed by atoms with Crippen molar-refractivity contribution in [2.45, 2.75) is 12.8 Å². The molecule has 1 fully saturated rings. The molecule has 0 bridgehead atoms. The first-order valence-corrected chi connectivity index (χ1v) is 9.57. The largest absolute Gasteiger partial charge is 0.383 e. The summed E-state index contributed by atoms with van der Waals surface area (Å²) >= 11 is 0. The van der Waals surface area contributed by atoms with E-state index in [4.69, 9.17) is 4.74 Å². The maximum Gasteiger partial charge on any atom is 0.229 e. The summed E-state index contributed by atoms with van der Waals surface area (Å²) in [5, 5.41) is 5.63. The van der Waals surface area contributed by atoms with Crippen molar-refractivity contribution in [3.05, 3.63) is 60.2 Å². The fraction of sp³-hybridized carbons (Fsp3) is 0.318. The molecule has 152 valence electrons. The predicted octanol–water partition coefficient (Wildman–Crippen LogP) is 1.98. The number of nitrogens with one attached hydrogen (secondary N) is 2. The first-order valence-electron chi connectivity index (χ1n) is 9.57. The number of hydrogen-bond acceptors (Lipinski definition) is 4. The molecule has 0 radical (unpaired) electrons. The average molecular weight is 395 g/mol. The Morgan fingerprint density at radius 1 is 1.10 bits per heavy atom. The normalized spacial score (nSPS) is 16.0. The zero-order chi connectivity index (χ0) is 20.6. The molecule has 1 atom stereocenters. The summed E-state index contributed by atoms with van der Waals surface area (Å²) in [4.78, 5) is 38.3. The molecular weight excluding hydrogens is 370 g/mol. The fourth-order valence-corrected chi connectivity index (χ4v) is 3.23. The molecule has 1 saturated heterocycles. The van der Waals surface area contributed by atoms with Gasteiger partial charge in [0.05, 0.1) is 18.9 Å². The van der Waals surface area contributed by atoms with Gasteiger partial charge >= 0.3 is 0 Å². The van der Waals surface area contributed by atoms with Gasteiger partial charge in [-0.25, -0.2) is 0 Å². The van der Waals surface area contributed by atoms with E-state index in [1.807, 2.05) is 42.5 Å². The summed E-state index contributed by atoms with van der Waals surface area (Å²) in [6.07, 6.45) is 0.460. The first kappa shape index (κ1) is 20.5. The van der Waals surface area contributed by atoms with Gasteiger partial charge in [-0.1, -0.05) is 30.3 Å². The van der Waals surface area contributed by atoms with Gasteiger partial charge in [-0.3, -0.25) is 14.4 Å². The standard InChI is InChI=1S/C22H25N3O4/c1-29-12-11-23-20(26)13-16-7-9-18(10-8-16)24-22(28)17-14-21(27)25(15-17)19-5-3-2-4-6-19/h2-10,17H,11-15H2,1H3,(H,23,26)(H,24,28)/t17-/m0/s1. The van der Waals surface area contributed by atoms with Crippen molar-refractivity contribution in [3.8, 4) is 0 Å². The predicted molar refractivity (Wildman–Crippen MR) is 111 cm³/mol. The molecule has 0 spiro atoms. The van der Waals surface area contributed by atoms with Gasteiger partial charge in [-0.2, -0.15) is 0 Å². The van der Waals surface area contributed by atoms with Crippen LogP contribution in [0.2, 0.25) is 0 Å². The van der Waals surface area contributed by atoms with Crippen LogP contribution in [-0.2, 0) is 25.5 Å². The second kappa shape index (κ2) is 9.84. The number of benzene rings is 2. The Kier molecular flexibility index (Phi) is 6.97. The summed E-state index contributed by atoms with van der Waals surface area (Å²) in [6, 6.07) is 16.5. The van der Waals surface area contributed by atoms with Gasteiger partial charge in [0, 0.05) is 38.0 Å². The number of nitrogens with zero attached hydrogens (tertiary/aromatic N) is 1. The Balaban J connectivity index is 1.52. The van der Waals surface area contributed by atoms with Crippen molar-refractivity contribution >= 4 is 29.1 Å². The summed E-state index contributed by atoms with van der Waals surface area (Å²) in [6.45, 7) is 1.32. The first-order chi connectivity index (χ1) is 14.1. The Labute approximate surface area is 170 Å². The highest BCUT2D eigenvalue weighted by Gasteiger charge is 2.35. The van der Waals surface area contributed by atoms with E-state index >= 15 is 0 Å². The van der Waals surface area contributed by atoms with E-state index in [0.717, 1.165) is 11.3 Å². The lowest BCUT2D eigenvalue weighted by atomic mass is 10.1. The third kappa shape index (κ3) is 5.65. The second-order valence-electron chi connectivity index (χ2n) is 6.95. The molecule has 2 N–H and O–H groups in total. The minimum atomic E-state index is -0.394. The van der Waals surface area contributed by atoms with Crippen LogP contribution in [0.15, 0.2) is 54.6 Å². The van der Waals surface area contributed by atoms with Crippen LogP contribution in [0.5, 0.6) is 0 Å². The topological polar surface area (TPSA) is 87.7 Å². The van der Waals surface area contributed by atoms with Crippen molar-refractivity contribution in [3.63, 3.8) is 0 Å². The molecule has 3 amide bonds. The van der Waals surface area contributed by atoms with Gasteiger partial charge in [-0.15, -0.1) is 0 Å². The highest BCUT2D eigenvalue weighted by Crippen LogP contribution is 2.25. The van der Waals surface area contributed by atoms with Crippen LogP contribution < -0.4 is 15.5 Å². The molecule has 7 heteroatoms. The zero-order valence-corrected chi connectivity index (χ0v) is 16.4. The van der Waals surface area contributed by atoms with Gasteiger partial charge in [0.15, 0.2) is 0 Å². The molecule has 3 rings (SSSR count). The number of para-hydroxylation sites is 1. The summed E-state index contributed by atoms with van der Waals surface area (Å²) in [5.74, 6) is -0.703. The molecule has 1 aliphatic heterocycles. The van der Waals surface area contributed by atoms with E-state index in [1.165, 1.54) is 0 Å². The monoisotopic (exact) mass is 395 g/mol. The lowest BCUT2D eigenvalue weighted by molar-refractivity contribution is -0.122. The quantitative estimate of drug-likeness (QED) is 0.669. The Morgan fingerprint density at radius 3 is 2.52 bits per heavy atom. The maximum absolute atomic E-state index is 12.6. The van der Waals surface area contributed by atoms with Crippen LogP contribution in [0.4, 0.5) is 11.4 Å². The third-order valence-electron chi connectivity index (χ3n) is 4.78. The van der Waals surface area contributed by atoms with E-state index in [0.29, 0.717) is 25.4 Å². The Morgan fingerprint density at radius 2 is 1.83 bits per heavy atom. The number of hydrogen-bond donors (Lipinski definition) is 2. The number of methoxy groups -OCH3 is 1. The van der Waals surface area contributed by atoms with Crippen molar-refractivity contribution in [2.75, 3.05) is 37.0 Å². The van der Waals surface area contributed by atoms with Crippen LogP contribution in [0.1, 0.15) is 12.0 Å². The number of carbonyl (C=O) groups is 3. The van der Waals surface area contributed by atoms with Gasteiger partial charge in [-0.05, 0) is 29.8 Å². The minimum Gasteiger partial charge on any atom is -0.383 e. The Hall–Kier alpha value is -3.19. The lowest BCUT2D eigenvalue weighted by Crippen LogP contribution is -2.28. The highest BCUT2D eigenvalue weighted by molar-refractivity contribution is 6.03. The molecular formula is C22H25N3O4. The lowest BCUT2D eigenvalue weighted by Gasteiger charge is -2.16. The van der Waals surface area contributed by atoms with Gasteiger partial charge in [0.25, 0.3) is 0 Å². The van der Waals surface area contributed by atoms with Crippen LogP contribution in [0.3, 0.4) is 0 Å². The van der Waals surface area contributed by atoms with Crippen LogP contribution in [0.25, 0.3) is 0 Å². The zero-order valence-electron chi connectivity index (χ0n) is 16.4. The van der Waals surface area contributed by atoms with Crippen molar-refractivity contribution in [2.24, 2.45) is 5.92 Å². The fourth-order valence-electron chi connectivity index (χ4n) is 3.23. The van der Waals surface area contributed by atoms with E-state index < -0.39 is 5.92 Å². The average Bonchev–Trinajstić information content (AvgIpc) is 3.12. The number of rotatable bonds is 8. The molecule has 1 aliphatic rings. The number of amides is 3. The van der Waals surface area contributed by atoms with E-state index in [-0.39, 0.29) is 30.6 Å². The van der Waals surface area contributed by atoms with Gasteiger partial charge in [0.2, 0.25) is 17.7 Å². The van der Waals surface area contributed by atoms with E-state index in [1.54, 1.807) is 24.1 Å². The maximum atomic E-state index is 12.6. The number of carbonyl (C=O) groups excluding carboxylic acids is 3. The smallest absolute Gasteiger partial charge is 0.229 e. The van der Waals surface area contributed by atoms with Crippen molar-refractivity contribution in [1.29, 1.82) is 0 Å². The van der Waals surface area contributed by atoms with E-state index in [2.05, 4.69) is 10.6 Å². The molecule has 2 aromatic carbocycles. The summed E-state index contributed by atoms with van der Waals surface area (Å²) in [7, 11) is 1.58. The molecule has 2 aromatic rings. The van der Waals surface area contributed by atoms with Crippen LogP contribution in [0, 0.1) is 5.92 Å². The van der Waals surface area contributed by atoms with Gasteiger partial charge < -0.3 is 20.3 Å². The van der Waals surface area contributed by atoms with Crippen LogP contribution >= 0.6 is 0 Å². The molecule has 0 saturated carbocycles. The SMILES string of the molecule is COCCNC(=O)Cc1ccc(NC(=O)[C@H]2CC(=O)N(c3ccccc3)C2)cc1. The molecule has 1 heterocycles. The molecule has 0 aliphatic carbocycles. The molecule has 7 nitrogen and oxygen atoms in total. The number of anilines is 2. The summed E-state index contributed by atoms with van der Waals surface area (Å²) in [5.41, 5.74) is 2.30. The third-order valence-corrected chi connectivity index (χ3v) is 4.78. The van der Waals surface area contributed by atoms with Crippen LogP contribution in [-0.4, -0.2) is 44.5 Å². The summed E-state index contributed by atoms with van der Waals surface area (Å²) < 4.78 is 4.90. The van der Waals surface area contributed by atoms with E-state index in [9.17, 15) is 14.4 Å². The van der Waals surface area contributed by atoms with Gasteiger partial charge in [0.1, 0.15) is 0 Å². The molecule has 0 aromatic heterocycles. The number of ether oxygens (including phenoxy) is 1. The minimum absolute atomic E-state index is 0.0498.